The molecular formula is C10H16FNS. The van der Waals surface area contributed by atoms with Crippen LogP contribution in [0, 0.1) is 12.7 Å². The molecule has 1 rings (SSSR count). The molecule has 0 radical (unpaired) electrons. The molecule has 0 saturated heterocycles. The third-order valence-corrected chi connectivity index (χ3v) is 2.23. The van der Waals surface area contributed by atoms with Crippen molar-refractivity contribution in [3.63, 3.8) is 0 Å². The Labute approximate surface area is 83.9 Å². The van der Waals surface area contributed by atoms with Gasteiger partial charge in [0.15, 0.2) is 0 Å². The van der Waals surface area contributed by atoms with Gasteiger partial charge in [0.05, 0.1) is 0 Å². The van der Waals surface area contributed by atoms with Crippen LogP contribution in [-0.4, -0.2) is 7.05 Å². The molecule has 0 aliphatic heterocycles. The van der Waals surface area contributed by atoms with Crippen molar-refractivity contribution in [2.45, 2.75) is 25.7 Å². The molecule has 0 aliphatic rings. The number of nitrogens with one attached hydrogen (secondary N) is 1. The number of hydrogen-bond acceptors (Lipinski definition) is 2. The molecule has 3 heteroatoms. The van der Waals surface area contributed by atoms with Crippen LogP contribution in [0.5, 0.6) is 0 Å². The summed E-state index contributed by atoms with van der Waals surface area (Å²) in [6, 6.07) is 4.76. The van der Waals surface area contributed by atoms with E-state index < -0.39 is 0 Å². The third kappa shape index (κ3) is 4.29. The Morgan fingerprint density at radius 3 is 2.38 bits per heavy atom. The van der Waals surface area contributed by atoms with Crippen LogP contribution in [0.1, 0.15) is 19.4 Å². The lowest BCUT2D eigenvalue weighted by atomic mass is 10.2. The van der Waals surface area contributed by atoms with Gasteiger partial charge in [-0.25, -0.2) is 4.39 Å². The summed E-state index contributed by atoms with van der Waals surface area (Å²) in [5, 5.41) is 0. The van der Waals surface area contributed by atoms with E-state index in [0.29, 0.717) is 0 Å². The molecule has 1 aromatic carbocycles. The first kappa shape index (κ1) is 12.5. The minimum Gasteiger partial charge on any atom is -0.263 e. The first-order valence-corrected chi connectivity index (χ1v) is 5.15. The topological polar surface area (TPSA) is 12.0 Å². The zero-order chi connectivity index (χ0) is 10.3. The highest BCUT2D eigenvalue weighted by Gasteiger charge is 1.98. The van der Waals surface area contributed by atoms with Crippen LogP contribution in [0.25, 0.3) is 0 Å². The van der Waals surface area contributed by atoms with Crippen molar-refractivity contribution in [1.29, 1.82) is 0 Å². The molecule has 0 aliphatic carbocycles. The SMILES string of the molecule is CC.CNSc1ccc(F)cc1C. The van der Waals surface area contributed by atoms with Gasteiger partial charge in [-0.2, -0.15) is 0 Å². The fraction of sp³-hybridized carbons (Fsp3) is 0.400. The van der Waals surface area contributed by atoms with E-state index in [1.807, 2.05) is 27.8 Å². The van der Waals surface area contributed by atoms with Gasteiger partial charge < -0.3 is 0 Å². The van der Waals surface area contributed by atoms with E-state index in [2.05, 4.69) is 4.72 Å². The Kier molecular flexibility index (Phi) is 6.63. The van der Waals surface area contributed by atoms with Gasteiger partial charge in [0, 0.05) is 4.90 Å². The Bertz CT molecular complexity index is 251. The normalized spacial score (nSPS) is 9.00. The Morgan fingerprint density at radius 2 is 1.92 bits per heavy atom. The summed E-state index contributed by atoms with van der Waals surface area (Å²) in [6.07, 6.45) is 0. The van der Waals surface area contributed by atoms with Crippen LogP contribution in [0.4, 0.5) is 4.39 Å². The Balaban J connectivity index is 0.000000671. The van der Waals surface area contributed by atoms with Crippen LogP contribution >= 0.6 is 11.9 Å². The molecule has 0 aromatic heterocycles. The van der Waals surface area contributed by atoms with E-state index in [4.69, 9.17) is 0 Å². The fourth-order valence-corrected chi connectivity index (χ4v) is 1.41. The molecular weight excluding hydrogens is 185 g/mol. The largest absolute Gasteiger partial charge is 0.263 e. The maximum Gasteiger partial charge on any atom is 0.123 e. The van der Waals surface area contributed by atoms with Crippen molar-refractivity contribution in [2.24, 2.45) is 0 Å². The van der Waals surface area contributed by atoms with Crippen molar-refractivity contribution in [1.82, 2.24) is 4.72 Å². The highest BCUT2D eigenvalue weighted by Crippen LogP contribution is 2.19. The zero-order valence-electron chi connectivity index (χ0n) is 8.52. The van der Waals surface area contributed by atoms with Gasteiger partial charge in [0.1, 0.15) is 5.82 Å². The quantitative estimate of drug-likeness (QED) is 0.736. The Hall–Kier alpha value is -0.540. The summed E-state index contributed by atoms with van der Waals surface area (Å²) in [6.45, 7) is 5.89. The first-order chi connectivity index (χ1) is 6.24. The highest BCUT2D eigenvalue weighted by atomic mass is 32.2. The molecule has 0 heterocycles. The lowest BCUT2D eigenvalue weighted by Gasteiger charge is -2.02. The summed E-state index contributed by atoms with van der Waals surface area (Å²) in [5.74, 6) is -0.178. The average molecular weight is 201 g/mol. The summed E-state index contributed by atoms with van der Waals surface area (Å²) >= 11 is 1.49. The summed E-state index contributed by atoms with van der Waals surface area (Å²) in [5.41, 5.74) is 0.962. The van der Waals surface area contributed by atoms with E-state index >= 15 is 0 Å². The van der Waals surface area contributed by atoms with Crippen molar-refractivity contribution in [3.8, 4) is 0 Å². The molecule has 0 amide bonds. The van der Waals surface area contributed by atoms with Gasteiger partial charge >= 0.3 is 0 Å². The van der Waals surface area contributed by atoms with E-state index in [1.165, 1.54) is 24.1 Å². The molecule has 74 valence electrons. The van der Waals surface area contributed by atoms with Gasteiger partial charge in [-0.05, 0) is 49.7 Å². The Morgan fingerprint density at radius 1 is 1.31 bits per heavy atom. The molecule has 13 heavy (non-hydrogen) atoms. The van der Waals surface area contributed by atoms with Gasteiger partial charge in [-0.3, -0.25) is 4.72 Å². The molecule has 0 fully saturated rings. The second kappa shape index (κ2) is 6.92. The second-order valence-electron chi connectivity index (χ2n) is 2.22. The molecule has 1 nitrogen and oxygen atoms in total. The molecule has 1 aromatic rings. The van der Waals surface area contributed by atoms with E-state index in [1.54, 1.807) is 6.07 Å². The standard InChI is InChI=1S/C8H10FNS.C2H6/c1-6-5-7(9)3-4-8(6)11-10-2;1-2/h3-5,10H,1-2H3;1-2H3. The maximum absolute atomic E-state index is 12.6. The minimum absolute atomic E-state index is 0.178. The third-order valence-electron chi connectivity index (χ3n) is 1.35. The summed E-state index contributed by atoms with van der Waals surface area (Å²) < 4.78 is 15.5. The minimum atomic E-state index is -0.178. The predicted molar refractivity (Wildman–Crippen MR) is 57.4 cm³/mol. The van der Waals surface area contributed by atoms with Crippen LogP contribution in [-0.2, 0) is 0 Å². The predicted octanol–water partition coefficient (Wildman–Crippen LogP) is 3.39. The van der Waals surface area contributed by atoms with Crippen molar-refractivity contribution < 1.29 is 4.39 Å². The number of halogens is 1. The smallest absolute Gasteiger partial charge is 0.123 e. The fourth-order valence-electron chi connectivity index (χ4n) is 0.837. The first-order valence-electron chi connectivity index (χ1n) is 4.34. The molecule has 0 spiro atoms. The van der Waals surface area contributed by atoms with E-state index in [-0.39, 0.29) is 5.82 Å². The summed E-state index contributed by atoms with van der Waals surface area (Å²) in [7, 11) is 1.84. The molecule has 1 N–H and O–H groups in total. The molecule has 0 saturated carbocycles. The van der Waals surface area contributed by atoms with Gasteiger partial charge in [0.25, 0.3) is 0 Å². The summed E-state index contributed by atoms with van der Waals surface area (Å²) in [4.78, 5) is 1.06. The van der Waals surface area contributed by atoms with Gasteiger partial charge in [0.2, 0.25) is 0 Å². The lowest BCUT2D eigenvalue weighted by Crippen LogP contribution is -1.92. The van der Waals surface area contributed by atoms with Crippen LogP contribution in [0.15, 0.2) is 23.1 Å². The number of benzene rings is 1. The maximum atomic E-state index is 12.6. The number of aryl methyl sites for hydroxylation is 1. The van der Waals surface area contributed by atoms with Crippen molar-refractivity contribution in [3.05, 3.63) is 29.6 Å². The molecule has 0 atom stereocenters. The van der Waals surface area contributed by atoms with Gasteiger partial charge in [-0.1, -0.05) is 13.8 Å². The van der Waals surface area contributed by atoms with E-state index in [0.717, 1.165) is 10.5 Å². The second-order valence-corrected chi connectivity index (χ2v) is 3.27. The molecule has 0 bridgehead atoms. The van der Waals surface area contributed by atoms with Crippen LogP contribution in [0.2, 0.25) is 0 Å². The molecule has 0 unspecified atom stereocenters. The lowest BCUT2D eigenvalue weighted by molar-refractivity contribution is 0.625. The highest BCUT2D eigenvalue weighted by molar-refractivity contribution is 7.97. The zero-order valence-corrected chi connectivity index (χ0v) is 9.33. The number of rotatable bonds is 2. The number of hydrogen-bond donors (Lipinski definition) is 1. The van der Waals surface area contributed by atoms with Crippen LogP contribution in [0.3, 0.4) is 0 Å². The van der Waals surface area contributed by atoms with E-state index in [9.17, 15) is 4.39 Å². The average Bonchev–Trinajstić information content (AvgIpc) is 2.14. The van der Waals surface area contributed by atoms with Crippen LogP contribution < -0.4 is 4.72 Å². The van der Waals surface area contributed by atoms with Crippen molar-refractivity contribution in [2.75, 3.05) is 7.05 Å². The van der Waals surface area contributed by atoms with Crippen molar-refractivity contribution >= 4 is 11.9 Å². The monoisotopic (exact) mass is 201 g/mol. The van der Waals surface area contributed by atoms with Gasteiger partial charge in [-0.15, -0.1) is 0 Å².